The molecule has 7 heteroatoms. The van der Waals surface area contributed by atoms with E-state index in [2.05, 4.69) is 45.8 Å². The lowest BCUT2D eigenvalue weighted by molar-refractivity contribution is 0.354. The van der Waals surface area contributed by atoms with E-state index < -0.39 is 0 Å². The van der Waals surface area contributed by atoms with Crippen molar-refractivity contribution in [1.82, 2.24) is 20.4 Å². The summed E-state index contributed by atoms with van der Waals surface area (Å²) < 4.78 is 12.6. The molecule has 3 rings (SSSR count). The van der Waals surface area contributed by atoms with Crippen molar-refractivity contribution in [1.29, 1.82) is 0 Å². The summed E-state index contributed by atoms with van der Waals surface area (Å²) in [6.07, 6.45) is 0. The number of hydrogen-bond acceptors (Lipinski definition) is 4. The van der Waals surface area contributed by atoms with Gasteiger partial charge in [0.1, 0.15) is 0 Å². The van der Waals surface area contributed by atoms with Gasteiger partial charge in [0.05, 0.1) is 25.6 Å². The number of para-hydroxylation sites is 1. The van der Waals surface area contributed by atoms with Crippen molar-refractivity contribution < 1.29 is 9.47 Å². The third-order valence-corrected chi connectivity index (χ3v) is 4.81. The van der Waals surface area contributed by atoms with Crippen LogP contribution in [-0.2, 0) is 13.1 Å². The predicted octanol–water partition coefficient (Wildman–Crippen LogP) is 3.37. The summed E-state index contributed by atoms with van der Waals surface area (Å²) >= 11 is 0. The van der Waals surface area contributed by atoms with Gasteiger partial charge in [-0.1, -0.05) is 24.3 Å². The molecule has 1 heterocycles. The average Bonchev–Trinajstić information content (AvgIpc) is 3.11. The first-order valence-electron chi connectivity index (χ1n) is 9.82. The highest BCUT2D eigenvalue weighted by molar-refractivity contribution is 5.79. The van der Waals surface area contributed by atoms with E-state index in [4.69, 9.17) is 9.47 Å². The smallest absolute Gasteiger partial charge is 0.191 e. The molecule has 0 radical (unpaired) electrons. The molecule has 0 aliphatic heterocycles. The Labute approximate surface area is 177 Å². The molecule has 158 valence electrons. The Hall–Kier alpha value is -3.48. The molecule has 7 nitrogen and oxygen atoms in total. The van der Waals surface area contributed by atoms with Gasteiger partial charge in [-0.2, -0.15) is 5.10 Å². The largest absolute Gasteiger partial charge is 0.493 e. The number of rotatable bonds is 7. The molecule has 0 aliphatic rings. The number of aliphatic imine (C=N–C) groups is 1. The fraction of sp³-hybridized carbons (Fsp3) is 0.304. The number of guanidine groups is 1. The Bertz CT molecular complexity index is 1030. The van der Waals surface area contributed by atoms with Gasteiger partial charge in [0.25, 0.3) is 0 Å². The van der Waals surface area contributed by atoms with Crippen LogP contribution in [-0.4, -0.2) is 37.0 Å². The van der Waals surface area contributed by atoms with Crippen LogP contribution in [0.3, 0.4) is 0 Å². The van der Waals surface area contributed by atoms with Crippen LogP contribution in [0.15, 0.2) is 53.5 Å². The van der Waals surface area contributed by atoms with E-state index in [1.807, 2.05) is 41.9 Å². The van der Waals surface area contributed by atoms with Gasteiger partial charge in [-0.3, -0.25) is 4.99 Å². The third-order valence-electron chi connectivity index (χ3n) is 4.81. The highest BCUT2D eigenvalue weighted by Gasteiger charge is 2.10. The number of ether oxygens (including phenoxy) is 2. The molecule has 3 aromatic rings. The van der Waals surface area contributed by atoms with Crippen LogP contribution < -0.4 is 20.1 Å². The van der Waals surface area contributed by atoms with Gasteiger partial charge < -0.3 is 20.1 Å². The monoisotopic (exact) mass is 407 g/mol. The van der Waals surface area contributed by atoms with Gasteiger partial charge >= 0.3 is 0 Å². The van der Waals surface area contributed by atoms with Gasteiger partial charge in [-0.05, 0) is 49.2 Å². The SMILES string of the molecule is CN=C(NCc1ccc(OC)c(OC)c1)NCc1ccccc1-n1nc(C)cc1C. The maximum Gasteiger partial charge on any atom is 0.191 e. The van der Waals surface area contributed by atoms with E-state index in [-0.39, 0.29) is 0 Å². The lowest BCUT2D eigenvalue weighted by atomic mass is 10.1. The normalized spacial score (nSPS) is 11.3. The molecule has 2 N–H and O–H groups in total. The number of hydrogen-bond donors (Lipinski definition) is 2. The first kappa shape index (κ1) is 21.2. The van der Waals surface area contributed by atoms with Gasteiger partial charge in [-0.25, -0.2) is 4.68 Å². The number of aromatic nitrogens is 2. The molecule has 0 atom stereocenters. The Balaban J connectivity index is 1.66. The molecular formula is C23H29N5O2. The van der Waals surface area contributed by atoms with Crippen molar-refractivity contribution in [2.24, 2.45) is 4.99 Å². The minimum absolute atomic E-state index is 0.610. The quantitative estimate of drug-likeness (QED) is 0.464. The predicted molar refractivity (Wildman–Crippen MR) is 120 cm³/mol. The van der Waals surface area contributed by atoms with Crippen molar-refractivity contribution in [3.63, 3.8) is 0 Å². The van der Waals surface area contributed by atoms with Crippen molar-refractivity contribution >= 4 is 5.96 Å². The van der Waals surface area contributed by atoms with Gasteiger partial charge in [0, 0.05) is 25.8 Å². The Morgan fingerprint density at radius 1 is 0.967 bits per heavy atom. The second-order valence-electron chi connectivity index (χ2n) is 6.94. The van der Waals surface area contributed by atoms with E-state index in [0.29, 0.717) is 30.5 Å². The van der Waals surface area contributed by atoms with Crippen LogP contribution in [0.4, 0.5) is 0 Å². The van der Waals surface area contributed by atoms with E-state index >= 15 is 0 Å². The van der Waals surface area contributed by atoms with E-state index in [9.17, 15) is 0 Å². The van der Waals surface area contributed by atoms with Crippen LogP contribution >= 0.6 is 0 Å². The molecule has 0 unspecified atom stereocenters. The minimum atomic E-state index is 0.610. The number of aryl methyl sites for hydroxylation is 2. The summed E-state index contributed by atoms with van der Waals surface area (Å²) in [6.45, 7) is 5.30. The molecule has 30 heavy (non-hydrogen) atoms. The van der Waals surface area contributed by atoms with Crippen LogP contribution in [0.2, 0.25) is 0 Å². The molecule has 0 aliphatic carbocycles. The molecule has 1 aromatic heterocycles. The molecule has 0 spiro atoms. The topological polar surface area (TPSA) is 72.7 Å². The lowest BCUT2D eigenvalue weighted by Gasteiger charge is -2.15. The molecule has 0 fully saturated rings. The Morgan fingerprint density at radius 2 is 1.70 bits per heavy atom. The van der Waals surface area contributed by atoms with E-state index in [1.54, 1.807) is 21.3 Å². The highest BCUT2D eigenvalue weighted by atomic mass is 16.5. The zero-order valence-electron chi connectivity index (χ0n) is 18.2. The van der Waals surface area contributed by atoms with Crippen molar-refractivity contribution in [2.45, 2.75) is 26.9 Å². The van der Waals surface area contributed by atoms with Gasteiger partial charge in [0.15, 0.2) is 17.5 Å². The van der Waals surface area contributed by atoms with Gasteiger partial charge in [-0.15, -0.1) is 0 Å². The summed E-state index contributed by atoms with van der Waals surface area (Å²) in [5.41, 5.74) is 5.38. The molecule has 2 aromatic carbocycles. The van der Waals surface area contributed by atoms with Crippen LogP contribution in [0.5, 0.6) is 11.5 Å². The summed E-state index contributed by atoms with van der Waals surface area (Å²) in [4.78, 5) is 4.33. The fourth-order valence-corrected chi connectivity index (χ4v) is 3.32. The molecular weight excluding hydrogens is 378 g/mol. The first-order chi connectivity index (χ1) is 14.5. The second-order valence-corrected chi connectivity index (χ2v) is 6.94. The van der Waals surface area contributed by atoms with Crippen LogP contribution in [0.1, 0.15) is 22.5 Å². The maximum absolute atomic E-state index is 5.38. The van der Waals surface area contributed by atoms with Crippen LogP contribution in [0.25, 0.3) is 5.69 Å². The zero-order valence-corrected chi connectivity index (χ0v) is 18.2. The zero-order chi connectivity index (χ0) is 21.5. The standard InChI is InChI=1S/C23H29N5O2/c1-16-12-17(2)28(27-16)20-9-7-6-8-19(20)15-26-23(24-3)25-14-18-10-11-21(29-4)22(13-18)30-5/h6-13H,14-15H2,1-5H3,(H2,24,25,26). The average molecular weight is 408 g/mol. The number of methoxy groups -OCH3 is 2. The van der Waals surface area contributed by atoms with Crippen LogP contribution in [0, 0.1) is 13.8 Å². The number of nitrogens with one attached hydrogen (secondary N) is 2. The fourth-order valence-electron chi connectivity index (χ4n) is 3.32. The molecule has 0 saturated heterocycles. The highest BCUT2D eigenvalue weighted by Crippen LogP contribution is 2.27. The number of nitrogens with zero attached hydrogens (tertiary/aromatic N) is 3. The molecule has 0 saturated carbocycles. The summed E-state index contributed by atoms with van der Waals surface area (Å²) in [5, 5.41) is 11.3. The molecule has 0 bridgehead atoms. The van der Waals surface area contributed by atoms with Crippen molar-refractivity contribution in [3.8, 4) is 17.2 Å². The van der Waals surface area contributed by atoms with E-state index in [0.717, 1.165) is 28.2 Å². The second kappa shape index (κ2) is 9.82. The molecule has 0 amide bonds. The number of benzene rings is 2. The third kappa shape index (κ3) is 4.92. The minimum Gasteiger partial charge on any atom is -0.493 e. The van der Waals surface area contributed by atoms with E-state index in [1.165, 1.54) is 0 Å². The van der Waals surface area contributed by atoms with Crippen molar-refractivity contribution in [3.05, 3.63) is 71.0 Å². The first-order valence-corrected chi connectivity index (χ1v) is 9.82. The summed E-state index contributed by atoms with van der Waals surface area (Å²) in [7, 11) is 5.03. The van der Waals surface area contributed by atoms with Gasteiger partial charge in [0.2, 0.25) is 0 Å². The van der Waals surface area contributed by atoms with Crippen molar-refractivity contribution in [2.75, 3.05) is 21.3 Å². The summed E-state index contributed by atoms with van der Waals surface area (Å²) in [5.74, 6) is 2.14. The lowest BCUT2D eigenvalue weighted by Crippen LogP contribution is -2.36. The summed E-state index contributed by atoms with van der Waals surface area (Å²) in [6, 6.07) is 16.2. The Morgan fingerprint density at radius 3 is 2.37 bits per heavy atom. The Kier molecular flexibility index (Phi) is 6.95. The maximum atomic E-state index is 5.38.